The largest absolute Gasteiger partial charge is 0.497 e. The number of aromatic nitrogens is 3. The van der Waals surface area contributed by atoms with E-state index in [2.05, 4.69) is 20.3 Å². The second-order valence-electron chi connectivity index (χ2n) is 9.06. The summed E-state index contributed by atoms with van der Waals surface area (Å²) < 4.78 is 43.3. The number of H-pyrrole nitrogens is 1. The quantitative estimate of drug-likeness (QED) is 0.372. The van der Waals surface area contributed by atoms with Gasteiger partial charge in [-0.2, -0.15) is 13.2 Å². The van der Waals surface area contributed by atoms with Crippen LogP contribution in [0.3, 0.4) is 0 Å². The van der Waals surface area contributed by atoms with Gasteiger partial charge >= 0.3 is 6.18 Å². The van der Waals surface area contributed by atoms with Crippen LogP contribution in [0, 0.1) is 0 Å². The molecule has 0 unspecified atom stereocenters. The summed E-state index contributed by atoms with van der Waals surface area (Å²) in [5, 5.41) is 3.80. The minimum absolute atomic E-state index is 0.106. The molecule has 1 fully saturated rings. The standard InChI is InChI=1S/C27H24F3N5O3/c1-38-20-7-4-18-12-22(34-21(18)13-20)25(36)33-19-5-2-16(3-6-19)17-8-10-35(11-9-17)26(37)23-14-32-24(15-31-23)27(28,29)30/h2-7,12-15,17,34H,8-11H2,1H3,(H,33,36). The molecule has 38 heavy (non-hydrogen) atoms. The highest BCUT2D eigenvalue weighted by molar-refractivity contribution is 6.06. The van der Waals surface area contributed by atoms with Crippen molar-refractivity contribution in [2.75, 3.05) is 25.5 Å². The number of ether oxygens (including phenoxy) is 1. The van der Waals surface area contributed by atoms with E-state index in [1.165, 1.54) is 0 Å². The number of carbonyl (C=O) groups is 2. The zero-order valence-electron chi connectivity index (χ0n) is 20.4. The number of rotatable bonds is 5. The Morgan fingerprint density at radius 1 is 1.03 bits per heavy atom. The van der Waals surface area contributed by atoms with Gasteiger partial charge in [-0.3, -0.25) is 9.59 Å². The average molecular weight is 524 g/mol. The molecule has 0 bridgehead atoms. The highest BCUT2D eigenvalue weighted by Gasteiger charge is 2.33. The van der Waals surface area contributed by atoms with Gasteiger partial charge in [0, 0.05) is 35.7 Å². The van der Waals surface area contributed by atoms with Gasteiger partial charge in [0.15, 0.2) is 5.69 Å². The summed E-state index contributed by atoms with van der Waals surface area (Å²) in [5.74, 6) is 0.223. The van der Waals surface area contributed by atoms with Gasteiger partial charge in [-0.25, -0.2) is 9.97 Å². The summed E-state index contributed by atoms with van der Waals surface area (Å²) in [4.78, 5) is 37.0. The Labute approximate surface area is 215 Å². The third-order valence-corrected chi connectivity index (χ3v) is 6.66. The van der Waals surface area contributed by atoms with Crippen LogP contribution >= 0.6 is 0 Å². The number of anilines is 1. The number of benzene rings is 2. The van der Waals surface area contributed by atoms with E-state index in [9.17, 15) is 22.8 Å². The molecule has 1 aliphatic heterocycles. The summed E-state index contributed by atoms with van der Waals surface area (Å²) in [6.45, 7) is 0.908. The van der Waals surface area contributed by atoms with Gasteiger partial charge in [0.1, 0.15) is 17.1 Å². The Kier molecular flexibility index (Phi) is 6.75. The molecule has 2 N–H and O–H groups in total. The number of piperidine rings is 1. The Morgan fingerprint density at radius 2 is 1.76 bits per heavy atom. The second-order valence-corrected chi connectivity index (χ2v) is 9.06. The summed E-state index contributed by atoms with van der Waals surface area (Å²) >= 11 is 0. The van der Waals surface area contributed by atoms with Gasteiger partial charge in [-0.1, -0.05) is 12.1 Å². The highest BCUT2D eigenvalue weighted by atomic mass is 19.4. The molecule has 0 saturated carbocycles. The van der Waals surface area contributed by atoms with E-state index in [0.29, 0.717) is 49.3 Å². The van der Waals surface area contributed by atoms with E-state index < -0.39 is 17.8 Å². The maximum Gasteiger partial charge on any atom is 0.434 e. The van der Waals surface area contributed by atoms with Crippen molar-refractivity contribution in [3.05, 3.63) is 83.6 Å². The summed E-state index contributed by atoms with van der Waals surface area (Å²) in [5.41, 5.74) is 1.75. The number of nitrogens with one attached hydrogen (secondary N) is 2. The first-order chi connectivity index (χ1) is 18.2. The lowest BCUT2D eigenvalue weighted by Gasteiger charge is -2.32. The van der Waals surface area contributed by atoms with Gasteiger partial charge in [-0.05, 0) is 54.7 Å². The summed E-state index contributed by atoms with van der Waals surface area (Å²) in [7, 11) is 1.59. The fourth-order valence-corrected chi connectivity index (χ4v) is 4.56. The zero-order chi connectivity index (χ0) is 26.9. The van der Waals surface area contributed by atoms with Crippen LogP contribution in [0.4, 0.5) is 18.9 Å². The number of hydrogen-bond donors (Lipinski definition) is 2. The van der Waals surface area contributed by atoms with E-state index >= 15 is 0 Å². The van der Waals surface area contributed by atoms with Crippen LogP contribution in [-0.2, 0) is 6.18 Å². The molecule has 0 atom stereocenters. The van der Waals surface area contributed by atoms with Crippen molar-refractivity contribution in [2.45, 2.75) is 24.9 Å². The number of aromatic amines is 1. The van der Waals surface area contributed by atoms with Crippen molar-refractivity contribution in [2.24, 2.45) is 0 Å². The van der Waals surface area contributed by atoms with Crippen molar-refractivity contribution in [3.63, 3.8) is 0 Å². The first-order valence-corrected chi connectivity index (χ1v) is 12.0. The Balaban J connectivity index is 1.16. The van der Waals surface area contributed by atoms with Gasteiger partial charge < -0.3 is 19.9 Å². The third-order valence-electron chi connectivity index (χ3n) is 6.66. The average Bonchev–Trinajstić information content (AvgIpc) is 3.36. The number of methoxy groups -OCH3 is 1. The molecular formula is C27H24F3N5O3. The Morgan fingerprint density at radius 3 is 2.39 bits per heavy atom. The van der Waals surface area contributed by atoms with Crippen molar-refractivity contribution < 1.29 is 27.5 Å². The number of carbonyl (C=O) groups excluding carboxylic acids is 2. The monoisotopic (exact) mass is 523 g/mol. The summed E-state index contributed by atoms with van der Waals surface area (Å²) in [6.07, 6.45) is -1.75. The second kappa shape index (κ2) is 10.2. The molecule has 2 aromatic heterocycles. The number of hydrogen-bond acceptors (Lipinski definition) is 5. The number of fused-ring (bicyclic) bond motifs is 1. The molecule has 3 heterocycles. The Bertz CT molecular complexity index is 1460. The van der Waals surface area contributed by atoms with E-state index in [4.69, 9.17) is 4.74 Å². The normalized spacial score (nSPS) is 14.5. The van der Waals surface area contributed by atoms with E-state index in [1.807, 2.05) is 42.5 Å². The van der Waals surface area contributed by atoms with Crippen LogP contribution in [0.2, 0.25) is 0 Å². The van der Waals surface area contributed by atoms with E-state index in [0.717, 1.165) is 22.7 Å². The molecule has 2 amide bonds. The van der Waals surface area contributed by atoms with Crippen LogP contribution in [-0.4, -0.2) is 51.9 Å². The summed E-state index contributed by atoms with van der Waals surface area (Å²) in [6, 6.07) is 14.9. The van der Waals surface area contributed by atoms with Crippen molar-refractivity contribution in [3.8, 4) is 5.75 Å². The van der Waals surface area contributed by atoms with Crippen LogP contribution in [0.25, 0.3) is 10.9 Å². The Hall–Kier alpha value is -4.41. The van der Waals surface area contributed by atoms with Gasteiger partial charge in [0.2, 0.25) is 0 Å². The smallest absolute Gasteiger partial charge is 0.434 e. The maximum atomic E-state index is 12.7. The SMILES string of the molecule is COc1ccc2cc(C(=O)Nc3ccc(C4CCN(C(=O)c5cnc(C(F)(F)F)cn5)CC4)cc3)[nH]c2c1. The number of nitrogens with zero attached hydrogens (tertiary/aromatic N) is 3. The fraction of sp³-hybridized carbons (Fsp3) is 0.259. The number of amides is 2. The first-order valence-electron chi connectivity index (χ1n) is 12.0. The maximum absolute atomic E-state index is 12.7. The van der Waals surface area contributed by atoms with Crippen molar-refractivity contribution in [1.29, 1.82) is 0 Å². The number of likely N-dealkylation sites (tertiary alicyclic amines) is 1. The van der Waals surface area contributed by atoms with E-state index in [1.54, 1.807) is 18.1 Å². The highest BCUT2D eigenvalue weighted by Crippen LogP contribution is 2.30. The van der Waals surface area contributed by atoms with Crippen LogP contribution in [0.5, 0.6) is 5.75 Å². The minimum atomic E-state index is -4.60. The predicted octanol–water partition coefficient (Wildman–Crippen LogP) is 5.26. The van der Waals surface area contributed by atoms with Crippen molar-refractivity contribution in [1.82, 2.24) is 19.9 Å². The van der Waals surface area contributed by atoms with Gasteiger partial charge in [0.05, 0.1) is 19.5 Å². The molecule has 0 radical (unpaired) electrons. The zero-order valence-corrected chi connectivity index (χ0v) is 20.4. The molecule has 11 heteroatoms. The lowest BCUT2D eigenvalue weighted by Crippen LogP contribution is -2.38. The topological polar surface area (TPSA) is 100 Å². The number of alkyl halides is 3. The predicted molar refractivity (Wildman–Crippen MR) is 134 cm³/mol. The van der Waals surface area contributed by atoms with Gasteiger partial charge in [0.25, 0.3) is 11.8 Å². The van der Waals surface area contributed by atoms with Gasteiger partial charge in [-0.15, -0.1) is 0 Å². The molecule has 0 spiro atoms. The molecule has 8 nitrogen and oxygen atoms in total. The first kappa shape index (κ1) is 25.2. The number of halogens is 3. The van der Waals surface area contributed by atoms with Crippen LogP contribution < -0.4 is 10.1 Å². The van der Waals surface area contributed by atoms with Crippen molar-refractivity contribution >= 4 is 28.4 Å². The molecule has 2 aromatic carbocycles. The molecule has 1 saturated heterocycles. The lowest BCUT2D eigenvalue weighted by atomic mass is 9.89. The van der Waals surface area contributed by atoms with E-state index in [-0.39, 0.29) is 17.5 Å². The molecule has 1 aliphatic rings. The van der Waals surface area contributed by atoms with Crippen LogP contribution in [0.1, 0.15) is 51.0 Å². The third kappa shape index (κ3) is 5.31. The molecule has 196 valence electrons. The molecule has 0 aliphatic carbocycles. The molecular weight excluding hydrogens is 499 g/mol. The minimum Gasteiger partial charge on any atom is -0.497 e. The molecule has 4 aromatic rings. The lowest BCUT2D eigenvalue weighted by molar-refractivity contribution is -0.141. The molecule has 5 rings (SSSR count). The fourth-order valence-electron chi connectivity index (χ4n) is 4.56. The van der Waals surface area contributed by atoms with Crippen LogP contribution in [0.15, 0.2) is 60.9 Å².